The second kappa shape index (κ2) is 11.0. The number of methoxy groups -OCH3 is 2. The van der Waals surface area contributed by atoms with Gasteiger partial charge in [0.05, 0.1) is 29.5 Å². The van der Waals surface area contributed by atoms with Crippen molar-refractivity contribution in [1.29, 1.82) is 0 Å². The van der Waals surface area contributed by atoms with Gasteiger partial charge in [-0.3, -0.25) is 9.62 Å². The van der Waals surface area contributed by atoms with Gasteiger partial charge in [0, 0.05) is 44.2 Å². The van der Waals surface area contributed by atoms with E-state index in [1.54, 1.807) is 23.7 Å². The number of aromatic nitrogens is 1. The van der Waals surface area contributed by atoms with E-state index in [0.29, 0.717) is 17.2 Å². The zero-order chi connectivity index (χ0) is 25.8. The van der Waals surface area contributed by atoms with Gasteiger partial charge in [0.25, 0.3) is 10.0 Å². The largest absolute Gasteiger partial charge is 0.493 e. The maximum absolute atomic E-state index is 13.1. The van der Waals surface area contributed by atoms with Crippen molar-refractivity contribution in [2.45, 2.75) is 11.3 Å². The van der Waals surface area contributed by atoms with Crippen molar-refractivity contribution in [2.24, 2.45) is 0 Å². The van der Waals surface area contributed by atoms with E-state index in [-0.39, 0.29) is 4.90 Å². The molecule has 1 aromatic heterocycles. The topological polar surface area (TPSA) is 84.0 Å². The minimum atomic E-state index is -3.80. The molecule has 1 N–H and O–H groups in total. The maximum atomic E-state index is 13.1. The quantitative estimate of drug-likeness (QED) is 0.336. The van der Waals surface area contributed by atoms with E-state index in [2.05, 4.69) is 32.7 Å². The standard InChI is InChI=1S/C27H30N4O4S2/c1-34-24-12-11-21(19-25(24)35-2)37(32,33)29-23-9-5-3-7-20(23)13-14-30-15-17-31(18-16-30)27-22-8-4-6-10-26(22)36-28-27/h3-12,19,29H,13-18H2,1-2H3. The smallest absolute Gasteiger partial charge is 0.262 e. The molecule has 0 spiro atoms. The van der Waals surface area contributed by atoms with Crippen molar-refractivity contribution in [3.63, 3.8) is 0 Å². The molecule has 3 aromatic carbocycles. The van der Waals surface area contributed by atoms with Crippen molar-refractivity contribution in [1.82, 2.24) is 9.27 Å². The fourth-order valence-corrected chi connectivity index (χ4v) is 6.50. The zero-order valence-electron chi connectivity index (χ0n) is 20.9. The molecule has 5 rings (SSSR count). The molecule has 0 saturated carbocycles. The fraction of sp³-hybridized carbons (Fsp3) is 0.296. The van der Waals surface area contributed by atoms with Crippen LogP contribution in [0.2, 0.25) is 0 Å². The van der Waals surface area contributed by atoms with E-state index in [9.17, 15) is 8.42 Å². The van der Waals surface area contributed by atoms with Gasteiger partial charge < -0.3 is 14.4 Å². The third-order valence-electron chi connectivity index (χ3n) is 6.65. The molecule has 4 aromatic rings. The van der Waals surface area contributed by atoms with E-state index < -0.39 is 10.0 Å². The van der Waals surface area contributed by atoms with Crippen LogP contribution in [0, 0.1) is 0 Å². The van der Waals surface area contributed by atoms with Crippen LogP contribution in [-0.2, 0) is 16.4 Å². The van der Waals surface area contributed by atoms with E-state index in [1.807, 2.05) is 24.3 Å². The predicted molar refractivity (Wildman–Crippen MR) is 149 cm³/mol. The summed E-state index contributed by atoms with van der Waals surface area (Å²) in [4.78, 5) is 4.90. The van der Waals surface area contributed by atoms with E-state index in [0.717, 1.165) is 50.5 Å². The molecule has 10 heteroatoms. The second-order valence-electron chi connectivity index (χ2n) is 8.86. The number of nitrogens with zero attached hydrogens (tertiary/aromatic N) is 3. The van der Waals surface area contributed by atoms with Crippen LogP contribution >= 0.6 is 11.5 Å². The number of hydrogen-bond donors (Lipinski definition) is 1. The summed E-state index contributed by atoms with van der Waals surface area (Å²) in [6, 6.07) is 20.5. The summed E-state index contributed by atoms with van der Waals surface area (Å²) in [5.41, 5.74) is 1.55. The van der Waals surface area contributed by atoms with Crippen LogP contribution in [0.3, 0.4) is 0 Å². The van der Waals surface area contributed by atoms with Crippen LogP contribution in [0.4, 0.5) is 11.5 Å². The van der Waals surface area contributed by atoms with Crippen LogP contribution in [-0.4, -0.2) is 64.6 Å². The van der Waals surface area contributed by atoms with Gasteiger partial charge in [0.2, 0.25) is 0 Å². The van der Waals surface area contributed by atoms with E-state index in [1.165, 1.54) is 36.4 Å². The third-order valence-corrected chi connectivity index (χ3v) is 8.83. The molecule has 0 amide bonds. The molecule has 1 saturated heterocycles. The van der Waals surface area contributed by atoms with Crippen LogP contribution in [0.1, 0.15) is 5.56 Å². The summed E-state index contributed by atoms with van der Waals surface area (Å²) in [5.74, 6) is 1.92. The Labute approximate surface area is 221 Å². The number of ether oxygens (including phenoxy) is 2. The lowest BCUT2D eigenvalue weighted by Gasteiger charge is -2.35. The Morgan fingerprint density at radius 1 is 0.919 bits per heavy atom. The molecule has 37 heavy (non-hydrogen) atoms. The highest BCUT2D eigenvalue weighted by Crippen LogP contribution is 2.31. The number of hydrogen-bond acceptors (Lipinski definition) is 8. The second-order valence-corrected chi connectivity index (χ2v) is 11.3. The molecule has 0 atom stereocenters. The molecule has 8 nitrogen and oxygen atoms in total. The average Bonchev–Trinajstić information content (AvgIpc) is 3.36. The molecule has 2 heterocycles. The van der Waals surface area contributed by atoms with Gasteiger partial charge in [-0.1, -0.05) is 30.3 Å². The molecule has 1 fully saturated rings. The Bertz CT molecular complexity index is 1480. The molecule has 0 unspecified atom stereocenters. The highest BCUT2D eigenvalue weighted by atomic mass is 32.2. The lowest BCUT2D eigenvalue weighted by molar-refractivity contribution is 0.261. The highest BCUT2D eigenvalue weighted by molar-refractivity contribution is 7.92. The summed E-state index contributed by atoms with van der Waals surface area (Å²) in [6.45, 7) is 4.56. The number of piperazine rings is 1. The first kappa shape index (κ1) is 25.3. The summed E-state index contributed by atoms with van der Waals surface area (Å²) in [6.07, 6.45) is 0.740. The van der Waals surface area contributed by atoms with Crippen molar-refractivity contribution in [2.75, 3.05) is 56.6 Å². The first-order chi connectivity index (χ1) is 18.0. The fourth-order valence-electron chi connectivity index (χ4n) is 4.59. The summed E-state index contributed by atoms with van der Waals surface area (Å²) in [5, 5.41) is 1.22. The van der Waals surface area contributed by atoms with Gasteiger partial charge >= 0.3 is 0 Å². The minimum absolute atomic E-state index is 0.116. The summed E-state index contributed by atoms with van der Waals surface area (Å²) in [7, 11) is -0.801. The lowest BCUT2D eigenvalue weighted by Crippen LogP contribution is -2.47. The van der Waals surface area contributed by atoms with E-state index >= 15 is 0 Å². The predicted octanol–water partition coefficient (Wildman–Crippen LogP) is 4.48. The first-order valence-electron chi connectivity index (χ1n) is 12.1. The van der Waals surface area contributed by atoms with Gasteiger partial charge in [-0.25, -0.2) is 8.42 Å². The van der Waals surface area contributed by atoms with Crippen LogP contribution in [0.25, 0.3) is 10.1 Å². The molecule has 0 aliphatic carbocycles. The molecular weight excluding hydrogens is 508 g/mol. The average molecular weight is 539 g/mol. The Hall–Kier alpha value is -3.34. The Morgan fingerprint density at radius 3 is 2.43 bits per heavy atom. The van der Waals surface area contributed by atoms with E-state index in [4.69, 9.17) is 13.8 Å². The molecule has 194 valence electrons. The van der Waals surface area contributed by atoms with Gasteiger partial charge in [-0.2, -0.15) is 4.37 Å². The van der Waals surface area contributed by atoms with Crippen molar-refractivity contribution >= 4 is 43.1 Å². The molecule has 1 aliphatic rings. The maximum Gasteiger partial charge on any atom is 0.262 e. The SMILES string of the molecule is COc1ccc(S(=O)(=O)Nc2ccccc2CCN2CCN(c3nsc4ccccc34)CC2)cc1OC. The van der Waals surface area contributed by atoms with Gasteiger partial charge in [0.15, 0.2) is 11.5 Å². The van der Waals surface area contributed by atoms with Gasteiger partial charge in [-0.15, -0.1) is 0 Å². The molecule has 1 aliphatic heterocycles. The number of rotatable bonds is 9. The zero-order valence-corrected chi connectivity index (χ0v) is 22.5. The molecule has 0 radical (unpaired) electrons. The Kier molecular flexibility index (Phi) is 7.50. The number of nitrogens with one attached hydrogen (secondary N) is 1. The number of para-hydroxylation sites is 1. The summed E-state index contributed by atoms with van der Waals surface area (Å²) >= 11 is 1.55. The van der Waals surface area contributed by atoms with Crippen molar-refractivity contribution < 1.29 is 17.9 Å². The first-order valence-corrected chi connectivity index (χ1v) is 14.4. The number of anilines is 2. The van der Waals surface area contributed by atoms with Gasteiger partial charge in [0.1, 0.15) is 5.82 Å². The number of benzene rings is 3. The highest BCUT2D eigenvalue weighted by Gasteiger charge is 2.22. The van der Waals surface area contributed by atoms with Crippen molar-refractivity contribution in [3.05, 3.63) is 72.3 Å². The van der Waals surface area contributed by atoms with Crippen LogP contribution in [0.15, 0.2) is 71.6 Å². The Morgan fingerprint density at radius 2 is 1.65 bits per heavy atom. The lowest BCUT2D eigenvalue weighted by atomic mass is 10.1. The third kappa shape index (κ3) is 5.51. The Balaban J connectivity index is 1.22. The van der Waals surface area contributed by atoms with Crippen LogP contribution in [0.5, 0.6) is 11.5 Å². The molecular formula is C27H30N4O4S2. The minimum Gasteiger partial charge on any atom is -0.493 e. The van der Waals surface area contributed by atoms with Crippen LogP contribution < -0.4 is 19.1 Å². The molecule has 0 bridgehead atoms. The summed E-state index contributed by atoms with van der Waals surface area (Å²) < 4.78 is 45.5. The van der Waals surface area contributed by atoms with Crippen molar-refractivity contribution in [3.8, 4) is 11.5 Å². The number of sulfonamides is 1. The number of fused-ring (bicyclic) bond motifs is 1. The normalized spacial score (nSPS) is 14.6. The monoisotopic (exact) mass is 538 g/mol. The van der Waals surface area contributed by atoms with Gasteiger partial charge in [-0.05, 0) is 53.8 Å².